The van der Waals surface area contributed by atoms with Crippen LogP contribution >= 0.6 is 0 Å². The van der Waals surface area contributed by atoms with E-state index in [2.05, 4.69) is 4.90 Å². The minimum absolute atomic E-state index is 0.0634. The predicted octanol–water partition coefficient (Wildman–Crippen LogP) is 1.39. The molecule has 0 bridgehead atoms. The van der Waals surface area contributed by atoms with Crippen molar-refractivity contribution in [3.05, 3.63) is 35.1 Å². The predicted molar refractivity (Wildman–Crippen MR) is 68.3 cm³/mol. The fourth-order valence-corrected chi connectivity index (χ4v) is 2.38. The Labute approximate surface area is 111 Å². The Morgan fingerprint density at radius 3 is 2.74 bits per heavy atom. The number of nitriles is 1. The molecule has 1 amide bonds. The third-order valence-electron chi connectivity index (χ3n) is 3.56. The number of halogens is 1. The van der Waals surface area contributed by atoms with Crippen LogP contribution in [0.4, 0.5) is 4.39 Å². The molecule has 1 heterocycles. The van der Waals surface area contributed by atoms with Crippen LogP contribution in [0.25, 0.3) is 0 Å². The number of nitrogens with two attached hydrogens (primary N) is 1. The van der Waals surface area contributed by atoms with Gasteiger partial charge in [-0.05, 0) is 44.1 Å². The number of piperidine rings is 1. The van der Waals surface area contributed by atoms with Crippen molar-refractivity contribution in [2.75, 3.05) is 13.1 Å². The Morgan fingerprint density at radius 2 is 2.16 bits per heavy atom. The molecule has 0 spiro atoms. The second-order valence-corrected chi connectivity index (χ2v) is 4.87. The van der Waals surface area contributed by atoms with Gasteiger partial charge in [-0.25, -0.2) is 4.39 Å². The van der Waals surface area contributed by atoms with E-state index in [-0.39, 0.29) is 17.6 Å². The van der Waals surface area contributed by atoms with Crippen LogP contribution in [0.15, 0.2) is 18.2 Å². The monoisotopic (exact) mass is 261 g/mol. The Hall–Kier alpha value is -1.93. The highest BCUT2D eigenvalue weighted by atomic mass is 19.1. The zero-order valence-corrected chi connectivity index (χ0v) is 10.6. The maximum absolute atomic E-state index is 13.7. The maximum atomic E-state index is 13.7. The molecule has 1 saturated heterocycles. The van der Waals surface area contributed by atoms with Crippen LogP contribution in [0.2, 0.25) is 0 Å². The van der Waals surface area contributed by atoms with Crippen molar-refractivity contribution in [1.29, 1.82) is 5.26 Å². The van der Waals surface area contributed by atoms with Gasteiger partial charge in [0.15, 0.2) is 0 Å². The first kappa shape index (κ1) is 13.5. The van der Waals surface area contributed by atoms with Crippen LogP contribution in [-0.2, 0) is 11.3 Å². The normalized spacial score (nSPS) is 17.1. The molecule has 1 aromatic rings. The molecule has 0 radical (unpaired) electrons. The number of likely N-dealkylation sites (tertiary alicyclic amines) is 1. The fraction of sp³-hybridized carbons (Fsp3) is 0.429. The molecule has 100 valence electrons. The van der Waals surface area contributed by atoms with Crippen LogP contribution in [0.3, 0.4) is 0 Å². The SMILES string of the molecule is N#Cc1ccc(F)c(CN2CCC(C(N)=O)CC2)c1. The quantitative estimate of drug-likeness (QED) is 0.894. The van der Waals surface area contributed by atoms with E-state index >= 15 is 0 Å². The van der Waals surface area contributed by atoms with E-state index in [1.54, 1.807) is 6.07 Å². The summed E-state index contributed by atoms with van der Waals surface area (Å²) in [6.07, 6.45) is 1.43. The summed E-state index contributed by atoms with van der Waals surface area (Å²) in [7, 11) is 0. The minimum atomic E-state index is -0.295. The largest absolute Gasteiger partial charge is 0.369 e. The minimum Gasteiger partial charge on any atom is -0.369 e. The van der Waals surface area contributed by atoms with Crippen molar-refractivity contribution in [2.45, 2.75) is 19.4 Å². The van der Waals surface area contributed by atoms with E-state index < -0.39 is 0 Å². The van der Waals surface area contributed by atoms with E-state index in [1.165, 1.54) is 12.1 Å². The zero-order valence-electron chi connectivity index (χ0n) is 10.6. The Bertz CT molecular complexity index is 516. The van der Waals surface area contributed by atoms with Gasteiger partial charge in [0.25, 0.3) is 0 Å². The first-order chi connectivity index (χ1) is 9.10. The van der Waals surface area contributed by atoms with Crippen molar-refractivity contribution in [3.8, 4) is 6.07 Å². The maximum Gasteiger partial charge on any atom is 0.220 e. The first-order valence-corrected chi connectivity index (χ1v) is 6.30. The van der Waals surface area contributed by atoms with Crippen LogP contribution in [0.5, 0.6) is 0 Å². The van der Waals surface area contributed by atoms with Gasteiger partial charge in [-0.2, -0.15) is 5.26 Å². The van der Waals surface area contributed by atoms with E-state index in [0.717, 1.165) is 25.9 Å². The second-order valence-electron chi connectivity index (χ2n) is 4.87. The fourth-order valence-electron chi connectivity index (χ4n) is 2.38. The number of rotatable bonds is 3. The molecule has 4 nitrogen and oxygen atoms in total. The average Bonchev–Trinajstić information content (AvgIpc) is 2.42. The highest BCUT2D eigenvalue weighted by molar-refractivity contribution is 5.76. The lowest BCUT2D eigenvalue weighted by atomic mass is 9.96. The number of amides is 1. The summed E-state index contributed by atoms with van der Waals surface area (Å²) in [5.74, 6) is -0.611. The number of carbonyl (C=O) groups is 1. The molecule has 0 aromatic heterocycles. The summed E-state index contributed by atoms with van der Waals surface area (Å²) in [5, 5.41) is 8.82. The van der Waals surface area contributed by atoms with Gasteiger partial charge >= 0.3 is 0 Å². The van der Waals surface area contributed by atoms with Gasteiger partial charge < -0.3 is 5.73 Å². The summed E-state index contributed by atoms with van der Waals surface area (Å²) >= 11 is 0. The number of hydrogen-bond donors (Lipinski definition) is 1. The van der Waals surface area contributed by atoms with Gasteiger partial charge in [0.05, 0.1) is 11.6 Å². The van der Waals surface area contributed by atoms with E-state index in [9.17, 15) is 9.18 Å². The van der Waals surface area contributed by atoms with E-state index in [4.69, 9.17) is 11.0 Å². The number of carbonyl (C=O) groups excluding carboxylic acids is 1. The molecule has 0 atom stereocenters. The van der Waals surface area contributed by atoms with Crippen molar-refractivity contribution < 1.29 is 9.18 Å². The molecular formula is C14H16FN3O. The smallest absolute Gasteiger partial charge is 0.220 e. The third kappa shape index (κ3) is 3.30. The van der Waals surface area contributed by atoms with Crippen LogP contribution in [-0.4, -0.2) is 23.9 Å². The van der Waals surface area contributed by atoms with E-state index in [0.29, 0.717) is 17.7 Å². The highest BCUT2D eigenvalue weighted by Gasteiger charge is 2.23. The molecule has 0 unspecified atom stereocenters. The molecule has 1 aliphatic heterocycles. The lowest BCUT2D eigenvalue weighted by Gasteiger charge is -2.30. The topological polar surface area (TPSA) is 70.1 Å². The van der Waals surface area contributed by atoms with Crippen molar-refractivity contribution >= 4 is 5.91 Å². The lowest BCUT2D eigenvalue weighted by Crippen LogP contribution is -2.38. The Kier molecular flexibility index (Phi) is 4.13. The van der Waals surface area contributed by atoms with Crippen LogP contribution < -0.4 is 5.73 Å². The van der Waals surface area contributed by atoms with Crippen molar-refractivity contribution in [1.82, 2.24) is 4.90 Å². The molecule has 5 heteroatoms. The Morgan fingerprint density at radius 1 is 1.47 bits per heavy atom. The lowest BCUT2D eigenvalue weighted by molar-refractivity contribution is -0.123. The molecular weight excluding hydrogens is 245 g/mol. The van der Waals surface area contributed by atoms with Gasteiger partial charge in [-0.15, -0.1) is 0 Å². The second kappa shape index (κ2) is 5.81. The molecule has 2 rings (SSSR count). The number of hydrogen-bond acceptors (Lipinski definition) is 3. The first-order valence-electron chi connectivity index (χ1n) is 6.30. The van der Waals surface area contributed by atoms with Gasteiger partial charge in [-0.1, -0.05) is 0 Å². The molecule has 0 aliphatic carbocycles. The summed E-state index contributed by atoms with van der Waals surface area (Å²) in [6, 6.07) is 6.38. The highest BCUT2D eigenvalue weighted by Crippen LogP contribution is 2.20. The van der Waals surface area contributed by atoms with Crippen molar-refractivity contribution in [3.63, 3.8) is 0 Å². The molecule has 1 fully saturated rings. The molecule has 1 aliphatic rings. The summed E-state index contributed by atoms with van der Waals surface area (Å²) in [5.41, 5.74) is 6.26. The average molecular weight is 261 g/mol. The molecule has 1 aromatic carbocycles. The van der Waals surface area contributed by atoms with Crippen LogP contribution in [0.1, 0.15) is 24.0 Å². The van der Waals surface area contributed by atoms with Gasteiger partial charge in [-0.3, -0.25) is 9.69 Å². The number of benzene rings is 1. The number of nitrogens with zero attached hydrogens (tertiary/aromatic N) is 2. The standard InChI is InChI=1S/C14H16FN3O/c15-13-2-1-10(8-16)7-12(13)9-18-5-3-11(4-6-18)14(17)19/h1-2,7,11H,3-6,9H2,(H2,17,19). The molecule has 0 saturated carbocycles. The van der Waals surface area contributed by atoms with Gasteiger partial charge in [0.2, 0.25) is 5.91 Å². The third-order valence-corrected chi connectivity index (χ3v) is 3.56. The molecule has 2 N–H and O–H groups in total. The zero-order chi connectivity index (χ0) is 13.8. The van der Waals surface area contributed by atoms with Gasteiger partial charge in [0.1, 0.15) is 5.82 Å². The van der Waals surface area contributed by atoms with Crippen molar-refractivity contribution in [2.24, 2.45) is 11.7 Å². The Balaban J connectivity index is 1.99. The summed E-state index contributed by atoms with van der Waals surface area (Å²) in [6.45, 7) is 1.92. The summed E-state index contributed by atoms with van der Waals surface area (Å²) < 4.78 is 13.7. The molecule has 19 heavy (non-hydrogen) atoms. The summed E-state index contributed by atoms with van der Waals surface area (Å²) in [4.78, 5) is 13.1. The van der Waals surface area contributed by atoms with Gasteiger partial charge in [0, 0.05) is 18.0 Å². The number of primary amides is 1. The van der Waals surface area contributed by atoms with Crippen LogP contribution in [0, 0.1) is 23.1 Å². The van der Waals surface area contributed by atoms with E-state index in [1.807, 2.05) is 6.07 Å².